The number of hydrogen-bond donors (Lipinski definition) is 1. The van der Waals surface area contributed by atoms with E-state index in [1.165, 1.54) is 24.3 Å². The van der Waals surface area contributed by atoms with E-state index >= 15 is 0 Å². The molecule has 10 heteroatoms. The van der Waals surface area contributed by atoms with Crippen LogP contribution < -0.4 is 15.0 Å². The third-order valence-electron chi connectivity index (χ3n) is 4.11. The molecule has 1 amide bonds. The summed E-state index contributed by atoms with van der Waals surface area (Å²) in [7, 11) is 0. The second-order valence-corrected chi connectivity index (χ2v) is 6.12. The average Bonchev–Trinajstić information content (AvgIpc) is 2.71. The molecular weight excluding hydrogens is 366 g/mol. The molecule has 0 spiro atoms. The summed E-state index contributed by atoms with van der Waals surface area (Å²) in [6, 6.07) is 7.19. The second-order valence-electron chi connectivity index (χ2n) is 6.12. The van der Waals surface area contributed by atoms with Crippen LogP contribution in [0.15, 0.2) is 30.3 Å². The predicted octanol–water partition coefficient (Wildman–Crippen LogP) is 1.34. The quantitative estimate of drug-likeness (QED) is 0.429. The molecule has 1 N–H and O–H groups in total. The van der Waals surface area contributed by atoms with Gasteiger partial charge in [0, 0.05) is 36.9 Å². The highest BCUT2D eigenvalue weighted by Gasteiger charge is 2.15. The number of nitro benzene ring substituents is 1. The number of hydrogen-bond acceptors (Lipinski definition) is 8. The lowest BCUT2D eigenvalue weighted by atomic mass is 10.2. The summed E-state index contributed by atoms with van der Waals surface area (Å²) in [5, 5.41) is 13.4. The van der Waals surface area contributed by atoms with Gasteiger partial charge >= 0.3 is 0 Å². The molecule has 1 fully saturated rings. The van der Waals surface area contributed by atoms with Crippen molar-refractivity contribution in [3.63, 3.8) is 0 Å². The van der Waals surface area contributed by atoms with Crippen molar-refractivity contribution < 1.29 is 19.2 Å². The molecular formula is C18H21N5O5. The zero-order chi connectivity index (χ0) is 19.9. The van der Waals surface area contributed by atoms with Crippen LogP contribution in [-0.4, -0.2) is 60.3 Å². The third kappa shape index (κ3) is 5.13. The molecule has 148 valence electrons. The number of nitrogens with one attached hydrogen (secondary N) is 1. The Morgan fingerprint density at radius 3 is 2.68 bits per heavy atom. The van der Waals surface area contributed by atoms with Gasteiger partial charge in [0.25, 0.3) is 11.6 Å². The normalized spacial score (nSPS) is 13.8. The fourth-order valence-electron chi connectivity index (χ4n) is 2.71. The first kappa shape index (κ1) is 19.5. The van der Waals surface area contributed by atoms with Gasteiger partial charge in [-0.3, -0.25) is 14.9 Å². The summed E-state index contributed by atoms with van der Waals surface area (Å²) in [4.78, 5) is 33.0. The average molecular weight is 387 g/mol. The van der Waals surface area contributed by atoms with Crippen molar-refractivity contribution >= 4 is 17.4 Å². The highest BCUT2D eigenvalue weighted by Crippen LogP contribution is 2.18. The molecule has 1 saturated heterocycles. The van der Waals surface area contributed by atoms with Gasteiger partial charge in [-0.25, -0.2) is 4.98 Å². The van der Waals surface area contributed by atoms with Crippen LogP contribution in [0.25, 0.3) is 0 Å². The van der Waals surface area contributed by atoms with E-state index in [-0.39, 0.29) is 24.7 Å². The van der Waals surface area contributed by atoms with Crippen molar-refractivity contribution in [2.75, 3.05) is 44.4 Å². The number of nitro groups is 1. The summed E-state index contributed by atoms with van der Waals surface area (Å²) in [5.41, 5.74) is 0.285. The Balaban J connectivity index is 1.50. The molecule has 1 aromatic carbocycles. The van der Waals surface area contributed by atoms with Gasteiger partial charge in [-0.2, -0.15) is 4.98 Å². The number of amides is 1. The van der Waals surface area contributed by atoms with Crippen LogP contribution in [0.3, 0.4) is 0 Å². The largest absolute Gasteiger partial charge is 0.476 e. The molecule has 10 nitrogen and oxygen atoms in total. The number of non-ortho nitro benzene ring substituents is 1. The number of anilines is 1. The molecule has 1 aromatic heterocycles. The number of aromatic nitrogens is 2. The highest BCUT2D eigenvalue weighted by atomic mass is 16.6. The summed E-state index contributed by atoms with van der Waals surface area (Å²) >= 11 is 0. The van der Waals surface area contributed by atoms with Crippen molar-refractivity contribution in [3.05, 3.63) is 51.8 Å². The van der Waals surface area contributed by atoms with Crippen molar-refractivity contribution in [2.24, 2.45) is 0 Å². The number of morpholine rings is 1. The second kappa shape index (κ2) is 9.09. The molecule has 28 heavy (non-hydrogen) atoms. The Hall–Kier alpha value is -3.27. The number of carbonyl (C=O) groups is 1. The van der Waals surface area contributed by atoms with Crippen molar-refractivity contribution in [2.45, 2.75) is 6.92 Å². The first-order valence-electron chi connectivity index (χ1n) is 8.87. The maximum Gasteiger partial charge on any atom is 0.269 e. The molecule has 0 unspecified atom stereocenters. The first-order chi connectivity index (χ1) is 13.5. The molecule has 2 heterocycles. The molecule has 3 rings (SSSR count). The van der Waals surface area contributed by atoms with Crippen LogP contribution in [0.1, 0.15) is 16.2 Å². The lowest BCUT2D eigenvalue weighted by Gasteiger charge is -2.28. The summed E-state index contributed by atoms with van der Waals surface area (Å²) < 4.78 is 11.0. The predicted molar refractivity (Wildman–Crippen MR) is 101 cm³/mol. The van der Waals surface area contributed by atoms with Crippen LogP contribution in [0.5, 0.6) is 5.88 Å². The zero-order valence-corrected chi connectivity index (χ0v) is 15.5. The molecule has 0 bridgehead atoms. The molecule has 0 saturated carbocycles. The smallest absolute Gasteiger partial charge is 0.269 e. The molecule has 1 aliphatic rings. The van der Waals surface area contributed by atoms with E-state index in [0.717, 1.165) is 18.9 Å². The standard InChI is InChI=1S/C18H21N5O5/c1-13-20-16(22-7-10-27-11-8-22)12-17(21-13)28-9-6-19-18(24)14-2-4-15(5-3-14)23(25)26/h2-5,12H,6-11H2,1H3,(H,19,24). The maximum absolute atomic E-state index is 12.1. The fraction of sp³-hybridized carbons (Fsp3) is 0.389. The summed E-state index contributed by atoms with van der Waals surface area (Å²) in [5.74, 6) is 1.51. The minimum atomic E-state index is -0.510. The van der Waals surface area contributed by atoms with E-state index in [1.807, 2.05) is 0 Å². The summed E-state index contributed by atoms with van der Waals surface area (Å²) in [6.07, 6.45) is 0. The Kier molecular flexibility index (Phi) is 6.33. The number of ether oxygens (including phenoxy) is 2. The lowest BCUT2D eigenvalue weighted by Crippen LogP contribution is -2.37. The Morgan fingerprint density at radius 1 is 1.29 bits per heavy atom. The van der Waals surface area contributed by atoms with E-state index in [1.54, 1.807) is 13.0 Å². The van der Waals surface area contributed by atoms with E-state index in [4.69, 9.17) is 9.47 Å². The Morgan fingerprint density at radius 2 is 2.00 bits per heavy atom. The van der Waals surface area contributed by atoms with Gasteiger partial charge in [0.05, 0.1) is 24.7 Å². The molecule has 0 radical (unpaired) electrons. The molecule has 0 aliphatic carbocycles. The van der Waals surface area contributed by atoms with E-state index < -0.39 is 4.92 Å². The van der Waals surface area contributed by atoms with Crippen molar-refractivity contribution in [1.29, 1.82) is 0 Å². The van der Waals surface area contributed by atoms with E-state index in [0.29, 0.717) is 30.5 Å². The highest BCUT2D eigenvalue weighted by molar-refractivity contribution is 5.94. The van der Waals surface area contributed by atoms with Crippen molar-refractivity contribution in [3.8, 4) is 5.88 Å². The van der Waals surface area contributed by atoms with E-state index in [9.17, 15) is 14.9 Å². The van der Waals surface area contributed by atoms with Gasteiger partial charge in [-0.15, -0.1) is 0 Å². The van der Waals surface area contributed by atoms with Crippen LogP contribution in [0.4, 0.5) is 11.5 Å². The van der Waals surface area contributed by atoms with Gasteiger partial charge in [0.2, 0.25) is 5.88 Å². The monoisotopic (exact) mass is 387 g/mol. The number of aryl methyl sites for hydroxylation is 1. The number of carbonyl (C=O) groups excluding carboxylic acids is 1. The topological polar surface area (TPSA) is 120 Å². The molecule has 0 atom stereocenters. The number of rotatable bonds is 7. The van der Waals surface area contributed by atoms with Gasteiger partial charge in [-0.05, 0) is 19.1 Å². The third-order valence-corrected chi connectivity index (χ3v) is 4.11. The number of benzene rings is 1. The minimum Gasteiger partial charge on any atom is -0.476 e. The van der Waals surface area contributed by atoms with Crippen LogP contribution in [-0.2, 0) is 4.74 Å². The SMILES string of the molecule is Cc1nc(OCCNC(=O)c2ccc([N+](=O)[O-])cc2)cc(N2CCOCC2)n1. The Bertz CT molecular complexity index is 837. The van der Waals surface area contributed by atoms with Gasteiger partial charge in [-0.1, -0.05) is 0 Å². The first-order valence-corrected chi connectivity index (χ1v) is 8.87. The van der Waals surface area contributed by atoms with Crippen LogP contribution in [0, 0.1) is 17.0 Å². The van der Waals surface area contributed by atoms with Crippen molar-refractivity contribution in [1.82, 2.24) is 15.3 Å². The lowest BCUT2D eigenvalue weighted by molar-refractivity contribution is -0.384. The maximum atomic E-state index is 12.1. The summed E-state index contributed by atoms with van der Waals surface area (Å²) in [6.45, 7) is 5.15. The van der Waals surface area contributed by atoms with Gasteiger partial charge < -0.3 is 19.7 Å². The van der Waals surface area contributed by atoms with E-state index in [2.05, 4.69) is 20.2 Å². The fourth-order valence-corrected chi connectivity index (χ4v) is 2.71. The van der Waals surface area contributed by atoms with Crippen LogP contribution >= 0.6 is 0 Å². The number of nitrogens with zero attached hydrogens (tertiary/aromatic N) is 4. The van der Waals surface area contributed by atoms with Gasteiger partial charge in [0.15, 0.2) is 0 Å². The van der Waals surface area contributed by atoms with Crippen LogP contribution in [0.2, 0.25) is 0 Å². The minimum absolute atomic E-state index is 0.0601. The molecule has 1 aliphatic heterocycles. The Labute approximate surface area is 161 Å². The van der Waals surface area contributed by atoms with Gasteiger partial charge in [0.1, 0.15) is 18.2 Å². The zero-order valence-electron chi connectivity index (χ0n) is 15.5. The molecule has 2 aromatic rings.